The van der Waals surface area contributed by atoms with Crippen LogP contribution < -0.4 is 5.73 Å². The zero-order valence-corrected chi connectivity index (χ0v) is 9.04. The maximum Gasteiger partial charge on any atom is 0.323 e. The maximum atomic E-state index is 11.2. The summed E-state index contributed by atoms with van der Waals surface area (Å²) in [4.78, 5) is 11.2. The topological polar surface area (TPSA) is 52.3 Å². The van der Waals surface area contributed by atoms with Crippen molar-refractivity contribution < 1.29 is 9.53 Å². The Morgan fingerprint density at radius 3 is 2.31 bits per heavy atom. The highest BCUT2D eigenvalue weighted by Gasteiger charge is 2.22. The molecule has 0 spiro atoms. The summed E-state index contributed by atoms with van der Waals surface area (Å²) in [5, 5.41) is 0. The van der Waals surface area contributed by atoms with Crippen molar-refractivity contribution in [1.82, 2.24) is 0 Å². The lowest BCUT2D eigenvalue weighted by Crippen LogP contribution is -2.38. The van der Waals surface area contributed by atoms with E-state index in [1.807, 2.05) is 6.92 Å². The summed E-state index contributed by atoms with van der Waals surface area (Å²) in [7, 11) is 0. The third-order valence-electron chi connectivity index (χ3n) is 2.02. The molecule has 0 aromatic rings. The second kappa shape index (κ2) is 5.97. The molecule has 0 aliphatic heterocycles. The van der Waals surface area contributed by atoms with Gasteiger partial charge in [-0.25, -0.2) is 0 Å². The number of carbonyl (C=O) groups excluding carboxylic acids is 1. The molecular formula is C10H21NO2. The fourth-order valence-electron chi connectivity index (χ4n) is 1.36. The highest BCUT2D eigenvalue weighted by atomic mass is 16.5. The second-order valence-corrected chi connectivity index (χ2v) is 3.88. The van der Waals surface area contributed by atoms with Crippen LogP contribution in [0.5, 0.6) is 0 Å². The van der Waals surface area contributed by atoms with Crippen molar-refractivity contribution in [2.75, 3.05) is 6.61 Å². The summed E-state index contributed by atoms with van der Waals surface area (Å²) < 4.78 is 4.84. The van der Waals surface area contributed by atoms with Crippen molar-refractivity contribution in [3.05, 3.63) is 0 Å². The molecule has 0 rings (SSSR count). The minimum atomic E-state index is -0.470. The molecule has 0 heterocycles. The van der Waals surface area contributed by atoms with E-state index >= 15 is 0 Å². The summed E-state index contributed by atoms with van der Waals surface area (Å²) in [5.74, 6) is 0.477. The maximum absolute atomic E-state index is 11.2. The Hall–Kier alpha value is -0.570. The predicted molar refractivity (Wildman–Crippen MR) is 53.2 cm³/mol. The van der Waals surface area contributed by atoms with E-state index in [2.05, 4.69) is 13.8 Å². The lowest BCUT2D eigenvalue weighted by Gasteiger charge is -2.19. The van der Waals surface area contributed by atoms with Crippen LogP contribution in [-0.4, -0.2) is 18.6 Å². The van der Waals surface area contributed by atoms with Gasteiger partial charge in [0.2, 0.25) is 0 Å². The van der Waals surface area contributed by atoms with Gasteiger partial charge in [-0.15, -0.1) is 0 Å². The molecule has 0 aliphatic rings. The summed E-state index contributed by atoms with van der Waals surface area (Å²) in [6.45, 7) is 8.42. The monoisotopic (exact) mass is 187 g/mol. The molecule has 0 aromatic carbocycles. The smallest absolute Gasteiger partial charge is 0.323 e. The lowest BCUT2D eigenvalue weighted by atomic mass is 9.93. The SMILES string of the molecule is CCOC(=O)C(N)C(C)CC(C)C. The zero-order chi connectivity index (χ0) is 10.4. The first kappa shape index (κ1) is 12.4. The predicted octanol–water partition coefficient (Wildman–Crippen LogP) is 1.56. The Labute approximate surface area is 80.6 Å². The molecule has 2 N–H and O–H groups in total. The third-order valence-corrected chi connectivity index (χ3v) is 2.02. The Bertz CT molecular complexity index is 157. The van der Waals surface area contributed by atoms with E-state index in [-0.39, 0.29) is 11.9 Å². The molecule has 2 unspecified atom stereocenters. The molecule has 3 heteroatoms. The number of hydrogen-bond donors (Lipinski definition) is 1. The van der Waals surface area contributed by atoms with Crippen molar-refractivity contribution >= 4 is 5.97 Å². The summed E-state index contributed by atoms with van der Waals surface area (Å²) in [6, 6.07) is -0.470. The minimum Gasteiger partial charge on any atom is -0.465 e. The molecule has 0 fully saturated rings. The molecule has 0 saturated carbocycles. The van der Waals surface area contributed by atoms with Crippen LogP contribution >= 0.6 is 0 Å². The lowest BCUT2D eigenvalue weighted by molar-refractivity contribution is -0.146. The molecular weight excluding hydrogens is 166 g/mol. The van der Waals surface area contributed by atoms with Gasteiger partial charge in [0, 0.05) is 0 Å². The van der Waals surface area contributed by atoms with E-state index in [4.69, 9.17) is 10.5 Å². The molecule has 3 nitrogen and oxygen atoms in total. The first-order chi connectivity index (χ1) is 5.99. The second-order valence-electron chi connectivity index (χ2n) is 3.88. The molecule has 0 amide bonds. The zero-order valence-electron chi connectivity index (χ0n) is 9.04. The Balaban J connectivity index is 3.93. The summed E-state index contributed by atoms with van der Waals surface area (Å²) in [5.41, 5.74) is 5.72. The van der Waals surface area contributed by atoms with Crippen LogP contribution in [0.4, 0.5) is 0 Å². The van der Waals surface area contributed by atoms with Crippen molar-refractivity contribution in [2.45, 2.75) is 40.2 Å². The van der Waals surface area contributed by atoms with Gasteiger partial charge in [-0.05, 0) is 25.2 Å². The number of ether oxygens (including phenoxy) is 1. The van der Waals surface area contributed by atoms with Crippen molar-refractivity contribution in [2.24, 2.45) is 17.6 Å². The van der Waals surface area contributed by atoms with Crippen LogP contribution in [0.1, 0.15) is 34.1 Å². The molecule has 0 radical (unpaired) electrons. The molecule has 0 aromatic heterocycles. The van der Waals surface area contributed by atoms with Crippen LogP contribution in [0, 0.1) is 11.8 Å². The molecule has 2 atom stereocenters. The van der Waals surface area contributed by atoms with E-state index in [9.17, 15) is 4.79 Å². The summed E-state index contributed by atoms with van der Waals surface area (Å²) in [6.07, 6.45) is 0.958. The van der Waals surface area contributed by atoms with Crippen LogP contribution in [0.3, 0.4) is 0 Å². The number of esters is 1. The van der Waals surface area contributed by atoms with Gasteiger partial charge in [-0.3, -0.25) is 4.79 Å². The third kappa shape index (κ3) is 4.88. The first-order valence-corrected chi connectivity index (χ1v) is 4.91. The number of carbonyl (C=O) groups is 1. The number of hydrogen-bond acceptors (Lipinski definition) is 3. The average Bonchev–Trinajstić information content (AvgIpc) is 2.02. The van der Waals surface area contributed by atoms with Crippen molar-refractivity contribution in [3.63, 3.8) is 0 Å². The van der Waals surface area contributed by atoms with Gasteiger partial charge in [0.1, 0.15) is 6.04 Å². The Kier molecular flexibility index (Phi) is 5.71. The Morgan fingerprint density at radius 2 is 1.92 bits per heavy atom. The van der Waals surface area contributed by atoms with Crippen LogP contribution in [0.25, 0.3) is 0 Å². The van der Waals surface area contributed by atoms with E-state index in [1.54, 1.807) is 6.92 Å². The highest BCUT2D eigenvalue weighted by Crippen LogP contribution is 2.14. The van der Waals surface area contributed by atoms with Crippen LogP contribution in [0.2, 0.25) is 0 Å². The first-order valence-electron chi connectivity index (χ1n) is 4.91. The fourth-order valence-corrected chi connectivity index (χ4v) is 1.36. The van der Waals surface area contributed by atoms with Gasteiger partial charge in [0.15, 0.2) is 0 Å². The van der Waals surface area contributed by atoms with Gasteiger partial charge in [-0.2, -0.15) is 0 Å². The van der Waals surface area contributed by atoms with Gasteiger partial charge in [-0.1, -0.05) is 20.8 Å². The van der Waals surface area contributed by atoms with E-state index in [0.29, 0.717) is 12.5 Å². The average molecular weight is 187 g/mol. The fraction of sp³-hybridized carbons (Fsp3) is 0.900. The number of nitrogens with two attached hydrogens (primary N) is 1. The van der Waals surface area contributed by atoms with Crippen LogP contribution in [-0.2, 0) is 9.53 Å². The molecule has 0 saturated heterocycles. The number of rotatable bonds is 5. The molecule has 78 valence electrons. The van der Waals surface area contributed by atoms with E-state index in [0.717, 1.165) is 6.42 Å². The Morgan fingerprint density at radius 1 is 1.38 bits per heavy atom. The van der Waals surface area contributed by atoms with Crippen molar-refractivity contribution in [1.29, 1.82) is 0 Å². The van der Waals surface area contributed by atoms with Crippen LogP contribution in [0.15, 0.2) is 0 Å². The normalized spacial score (nSPS) is 15.5. The molecule has 0 bridgehead atoms. The molecule has 0 aliphatic carbocycles. The minimum absolute atomic E-state index is 0.194. The van der Waals surface area contributed by atoms with E-state index in [1.165, 1.54) is 0 Å². The highest BCUT2D eigenvalue weighted by molar-refractivity contribution is 5.75. The van der Waals surface area contributed by atoms with Gasteiger partial charge in [0.05, 0.1) is 6.61 Å². The largest absolute Gasteiger partial charge is 0.465 e. The molecule has 13 heavy (non-hydrogen) atoms. The van der Waals surface area contributed by atoms with Crippen molar-refractivity contribution in [3.8, 4) is 0 Å². The van der Waals surface area contributed by atoms with Gasteiger partial charge in [0.25, 0.3) is 0 Å². The van der Waals surface area contributed by atoms with Gasteiger partial charge < -0.3 is 10.5 Å². The van der Waals surface area contributed by atoms with Gasteiger partial charge >= 0.3 is 5.97 Å². The quantitative estimate of drug-likeness (QED) is 0.664. The van der Waals surface area contributed by atoms with E-state index < -0.39 is 6.04 Å². The summed E-state index contributed by atoms with van der Waals surface area (Å²) >= 11 is 0. The standard InChI is InChI=1S/C10H21NO2/c1-5-13-10(12)9(11)8(4)6-7(2)3/h7-9H,5-6,11H2,1-4H3.